The molecule has 7 nitrogen and oxygen atoms in total. The molecule has 0 amide bonds. The van der Waals surface area contributed by atoms with E-state index in [0.717, 1.165) is 11.1 Å². The first-order chi connectivity index (χ1) is 14.9. The predicted molar refractivity (Wildman–Crippen MR) is 120 cm³/mol. The van der Waals surface area contributed by atoms with E-state index < -0.39 is 5.97 Å². The number of rotatable bonds is 5. The Balaban J connectivity index is 1.63. The van der Waals surface area contributed by atoms with Crippen molar-refractivity contribution in [1.82, 2.24) is 14.6 Å². The SMILES string of the molecule is COc1cc(/C=c2/sc3nc(/C=C/c4ccc(C)cc4)nn3c2=O)ccc1OC(C)=O. The molecule has 0 saturated carbocycles. The van der Waals surface area contributed by atoms with Gasteiger partial charge in [-0.15, -0.1) is 5.10 Å². The lowest BCUT2D eigenvalue weighted by Gasteiger charge is -2.08. The zero-order valence-electron chi connectivity index (χ0n) is 17.2. The van der Waals surface area contributed by atoms with E-state index in [2.05, 4.69) is 10.1 Å². The van der Waals surface area contributed by atoms with Crippen molar-refractivity contribution < 1.29 is 14.3 Å². The second kappa shape index (κ2) is 8.53. The lowest BCUT2D eigenvalue weighted by Crippen LogP contribution is -2.23. The fourth-order valence-electron chi connectivity index (χ4n) is 2.93. The number of hydrogen-bond donors (Lipinski definition) is 0. The molecule has 4 rings (SSSR count). The van der Waals surface area contributed by atoms with Crippen LogP contribution in [0.2, 0.25) is 0 Å². The average molecular weight is 433 g/mol. The van der Waals surface area contributed by atoms with Crippen LogP contribution in [-0.4, -0.2) is 27.7 Å². The van der Waals surface area contributed by atoms with E-state index in [4.69, 9.17) is 9.47 Å². The molecule has 0 N–H and O–H groups in total. The molecule has 156 valence electrons. The summed E-state index contributed by atoms with van der Waals surface area (Å²) in [6, 6.07) is 13.2. The molecular formula is C23H19N3O4S. The van der Waals surface area contributed by atoms with Crippen molar-refractivity contribution in [2.24, 2.45) is 0 Å². The number of benzene rings is 2. The Morgan fingerprint density at radius 3 is 2.48 bits per heavy atom. The number of aryl methyl sites for hydroxylation is 1. The zero-order chi connectivity index (χ0) is 22.0. The standard InChI is InChI=1S/C23H19N3O4S/c1-14-4-6-16(7-5-14)9-11-21-24-23-26(25-21)22(28)20(31-23)13-17-8-10-18(30-15(2)27)19(12-17)29-3/h4-13H,1-3H3/b11-9+,20-13+. The second-order valence-electron chi connectivity index (χ2n) is 6.83. The minimum absolute atomic E-state index is 0.245. The maximum absolute atomic E-state index is 12.7. The molecule has 0 atom stereocenters. The summed E-state index contributed by atoms with van der Waals surface area (Å²) in [5, 5.41) is 4.30. The Labute approximate surface area is 181 Å². The van der Waals surface area contributed by atoms with Gasteiger partial charge in [-0.05, 0) is 42.3 Å². The number of hydrogen-bond acceptors (Lipinski definition) is 7. The molecular weight excluding hydrogens is 414 g/mol. The van der Waals surface area contributed by atoms with Gasteiger partial charge in [0, 0.05) is 6.92 Å². The minimum atomic E-state index is -0.435. The molecule has 31 heavy (non-hydrogen) atoms. The number of aromatic nitrogens is 3. The van der Waals surface area contributed by atoms with Crippen LogP contribution >= 0.6 is 11.3 Å². The van der Waals surface area contributed by atoms with Crippen LogP contribution < -0.4 is 19.6 Å². The van der Waals surface area contributed by atoms with Crippen LogP contribution in [0.25, 0.3) is 23.2 Å². The van der Waals surface area contributed by atoms with Gasteiger partial charge in [0.1, 0.15) is 0 Å². The smallest absolute Gasteiger partial charge is 0.308 e. The number of fused-ring (bicyclic) bond motifs is 1. The Kier molecular flexibility index (Phi) is 5.64. The highest BCUT2D eigenvalue weighted by Gasteiger charge is 2.11. The molecule has 8 heteroatoms. The fraction of sp³-hybridized carbons (Fsp3) is 0.130. The van der Waals surface area contributed by atoms with Crippen molar-refractivity contribution in [1.29, 1.82) is 0 Å². The quantitative estimate of drug-likeness (QED) is 0.355. The third-order valence-corrected chi connectivity index (χ3v) is 5.40. The summed E-state index contributed by atoms with van der Waals surface area (Å²) in [7, 11) is 1.49. The Hall–Kier alpha value is -3.78. The first-order valence-electron chi connectivity index (χ1n) is 9.45. The second-order valence-corrected chi connectivity index (χ2v) is 7.84. The Bertz CT molecular complexity index is 1400. The highest BCUT2D eigenvalue weighted by Crippen LogP contribution is 2.28. The zero-order valence-corrected chi connectivity index (χ0v) is 18.0. The molecule has 0 radical (unpaired) electrons. The highest BCUT2D eigenvalue weighted by molar-refractivity contribution is 7.15. The first kappa shape index (κ1) is 20.5. The lowest BCUT2D eigenvalue weighted by atomic mass is 10.1. The van der Waals surface area contributed by atoms with Gasteiger partial charge in [-0.2, -0.15) is 9.50 Å². The molecule has 4 aromatic rings. The maximum Gasteiger partial charge on any atom is 0.308 e. The number of carbonyl (C=O) groups is 1. The van der Waals surface area contributed by atoms with Crippen LogP contribution in [0.15, 0.2) is 47.3 Å². The number of nitrogens with zero attached hydrogens (tertiary/aromatic N) is 3. The molecule has 0 aliphatic carbocycles. The van der Waals surface area contributed by atoms with E-state index in [-0.39, 0.29) is 5.56 Å². The van der Waals surface area contributed by atoms with E-state index in [1.165, 1.54) is 35.4 Å². The van der Waals surface area contributed by atoms with Gasteiger partial charge in [0.15, 0.2) is 17.3 Å². The van der Waals surface area contributed by atoms with Crippen LogP contribution in [0.1, 0.15) is 29.4 Å². The van der Waals surface area contributed by atoms with E-state index in [1.807, 2.05) is 37.3 Å². The van der Waals surface area contributed by atoms with Crippen molar-refractivity contribution in [2.45, 2.75) is 13.8 Å². The number of esters is 1. The summed E-state index contributed by atoms with van der Waals surface area (Å²) in [4.78, 5) is 28.9. The van der Waals surface area contributed by atoms with Gasteiger partial charge < -0.3 is 9.47 Å². The normalized spacial score (nSPS) is 12.0. The maximum atomic E-state index is 12.7. The largest absolute Gasteiger partial charge is 0.493 e. The molecule has 0 aliphatic rings. The van der Waals surface area contributed by atoms with Gasteiger partial charge in [0.25, 0.3) is 5.56 Å². The van der Waals surface area contributed by atoms with E-state index in [1.54, 1.807) is 30.4 Å². The number of carbonyl (C=O) groups excluding carboxylic acids is 1. The molecule has 0 saturated heterocycles. The summed E-state index contributed by atoms with van der Waals surface area (Å²) in [5.74, 6) is 0.763. The summed E-state index contributed by atoms with van der Waals surface area (Å²) in [6.45, 7) is 3.36. The monoisotopic (exact) mass is 433 g/mol. The molecule has 0 bridgehead atoms. The first-order valence-corrected chi connectivity index (χ1v) is 10.3. The lowest BCUT2D eigenvalue weighted by molar-refractivity contribution is -0.132. The molecule has 0 spiro atoms. The van der Waals surface area contributed by atoms with E-state index in [0.29, 0.717) is 26.8 Å². The number of ether oxygens (including phenoxy) is 2. The van der Waals surface area contributed by atoms with Crippen LogP contribution in [0, 0.1) is 6.92 Å². The van der Waals surface area contributed by atoms with Crippen molar-refractivity contribution in [2.75, 3.05) is 7.11 Å². The Morgan fingerprint density at radius 2 is 1.81 bits per heavy atom. The van der Waals surface area contributed by atoms with Gasteiger partial charge in [-0.25, -0.2) is 0 Å². The van der Waals surface area contributed by atoms with Gasteiger partial charge in [-0.3, -0.25) is 9.59 Å². The molecule has 2 aromatic carbocycles. The number of thiazole rings is 1. The summed E-state index contributed by atoms with van der Waals surface area (Å²) in [5.41, 5.74) is 2.71. The van der Waals surface area contributed by atoms with Crippen LogP contribution in [0.4, 0.5) is 0 Å². The van der Waals surface area contributed by atoms with Crippen molar-refractivity contribution >= 4 is 40.5 Å². The van der Waals surface area contributed by atoms with Gasteiger partial charge in [0.05, 0.1) is 11.6 Å². The van der Waals surface area contributed by atoms with Crippen LogP contribution in [0.3, 0.4) is 0 Å². The van der Waals surface area contributed by atoms with Crippen molar-refractivity contribution in [3.8, 4) is 11.5 Å². The topological polar surface area (TPSA) is 82.8 Å². The average Bonchev–Trinajstić information content (AvgIpc) is 3.27. The fourth-order valence-corrected chi connectivity index (χ4v) is 3.85. The van der Waals surface area contributed by atoms with E-state index in [9.17, 15) is 9.59 Å². The molecule has 0 unspecified atom stereocenters. The van der Waals surface area contributed by atoms with Crippen LogP contribution in [-0.2, 0) is 4.79 Å². The molecule has 0 fully saturated rings. The highest BCUT2D eigenvalue weighted by atomic mass is 32.1. The van der Waals surface area contributed by atoms with Crippen molar-refractivity contribution in [3.63, 3.8) is 0 Å². The van der Waals surface area contributed by atoms with Crippen LogP contribution in [0.5, 0.6) is 11.5 Å². The summed E-state index contributed by atoms with van der Waals surface area (Å²) in [6.07, 6.45) is 5.42. The third-order valence-electron chi connectivity index (χ3n) is 4.44. The summed E-state index contributed by atoms with van der Waals surface area (Å²) >= 11 is 1.25. The van der Waals surface area contributed by atoms with Gasteiger partial charge in [0.2, 0.25) is 4.96 Å². The number of methoxy groups -OCH3 is 1. The molecule has 2 heterocycles. The molecule has 0 aliphatic heterocycles. The summed E-state index contributed by atoms with van der Waals surface area (Å²) < 4.78 is 12.2. The van der Waals surface area contributed by atoms with Gasteiger partial charge >= 0.3 is 5.97 Å². The minimum Gasteiger partial charge on any atom is -0.493 e. The van der Waals surface area contributed by atoms with Gasteiger partial charge in [-0.1, -0.05) is 53.3 Å². The predicted octanol–water partition coefficient (Wildman–Crippen LogP) is 3.11. The molecule has 2 aromatic heterocycles. The third kappa shape index (κ3) is 4.54. The van der Waals surface area contributed by atoms with Crippen molar-refractivity contribution in [3.05, 3.63) is 79.9 Å². The van der Waals surface area contributed by atoms with E-state index >= 15 is 0 Å². The Morgan fingerprint density at radius 1 is 1.06 bits per heavy atom.